The Labute approximate surface area is 285 Å². The summed E-state index contributed by atoms with van der Waals surface area (Å²) in [6, 6.07) is 8.40. The number of piperazine rings is 1. The minimum Gasteiger partial charge on any atom is -0.475 e. The molecule has 0 atom stereocenters. The zero-order chi connectivity index (χ0) is 37.5. The molecule has 0 spiro atoms. The van der Waals surface area contributed by atoms with Gasteiger partial charge in [-0.15, -0.1) is 0 Å². The number of carbonyl (C=O) groups excluding carboxylic acids is 1. The molecule has 4 aromatic rings. The van der Waals surface area contributed by atoms with Crippen LogP contribution in [0.5, 0.6) is 0 Å². The van der Waals surface area contributed by atoms with Crippen LogP contribution in [-0.2, 0) is 21.4 Å². The van der Waals surface area contributed by atoms with Crippen LogP contribution in [0.15, 0.2) is 49.2 Å². The lowest BCUT2D eigenvalue weighted by atomic mass is 9.96. The molecule has 6 rings (SSSR count). The number of hydrogen-bond acceptors (Lipinski definition) is 9. The summed E-state index contributed by atoms with van der Waals surface area (Å²) < 4.78 is 67.0. The monoisotopic (exact) mass is 723 g/mol. The zero-order valence-corrected chi connectivity index (χ0v) is 26.8. The van der Waals surface area contributed by atoms with Crippen LogP contribution >= 0.6 is 0 Å². The maximum absolute atomic E-state index is 12.9. The van der Waals surface area contributed by atoms with E-state index in [0.29, 0.717) is 11.5 Å². The van der Waals surface area contributed by atoms with Crippen molar-refractivity contribution in [2.75, 3.05) is 44.2 Å². The van der Waals surface area contributed by atoms with E-state index >= 15 is 0 Å². The molecule has 0 bridgehead atoms. The smallest absolute Gasteiger partial charge is 0.475 e. The first kappa shape index (κ1) is 38.1. The molecular formula is C31H31F6N9O5. The fraction of sp³-hybridized carbons (Fsp3) is 0.387. The molecule has 20 heteroatoms. The second kappa shape index (κ2) is 15.9. The summed E-state index contributed by atoms with van der Waals surface area (Å²) in [5, 5.41) is 36.0. The second-order valence-corrected chi connectivity index (χ2v) is 11.4. The summed E-state index contributed by atoms with van der Waals surface area (Å²) in [6.07, 6.45) is 0.844. The highest BCUT2D eigenvalue weighted by atomic mass is 19.4. The number of amides is 1. The van der Waals surface area contributed by atoms with Crippen molar-refractivity contribution in [3.05, 3.63) is 54.7 Å². The predicted molar refractivity (Wildman–Crippen MR) is 167 cm³/mol. The SMILES string of the molecule is Cn1cc(-c2cc(-c3ccc(N4CCN(C(=O)C5CCNCC5)CC4)nc3)c3c(C#N)cnn3c2)cn1.O=C(O)C(F)(F)F.O=C(O)C(F)(F)F. The summed E-state index contributed by atoms with van der Waals surface area (Å²) in [6.45, 7) is 4.84. The first-order chi connectivity index (χ1) is 24.0. The van der Waals surface area contributed by atoms with E-state index in [0.717, 1.165) is 85.7 Å². The molecule has 2 aliphatic heterocycles. The average Bonchev–Trinajstić information content (AvgIpc) is 3.74. The molecule has 6 heterocycles. The summed E-state index contributed by atoms with van der Waals surface area (Å²) in [7, 11) is 1.89. The Morgan fingerprint density at radius 1 is 0.863 bits per heavy atom. The Bertz CT molecular complexity index is 1860. The van der Waals surface area contributed by atoms with E-state index in [9.17, 15) is 36.4 Å². The minimum absolute atomic E-state index is 0.159. The molecule has 0 saturated carbocycles. The maximum Gasteiger partial charge on any atom is 0.490 e. The number of fused-ring (bicyclic) bond motifs is 1. The van der Waals surface area contributed by atoms with Gasteiger partial charge in [0.1, 0.15) is 11.9 Å². The first-order valence-electron chi connectivity index (χ1n) is 15.2. The molecular weight excluding hydrogens is 692 g/mol. The standard InChI is InChI=1S/C27H29N9O.2C2HF3O2/c1-33-17-23(16-31-33)21-12-24(26-22(13-28)15-32-36(26)18-21)20-2-3-25(30-14-20)34-8-10-35(11-9-34)27(37)19-4-6-29-7-5-19;2*3-2(4,5)1(6)7/h2-3,12,14-19,29H,4-11H2,1H3;2*(H,6,7). The Balaban J connectivity index is 0.000000353. The van der Waals surface area contributed by atoms with Crippen molar-refractivity contribution in [3.8, 4) is 28.3 Å². The number of hydrogen-bond donors (Lipinski definition) is 3. The number of carboxylic acid groups (broad SMARTS) is 2. The van der Waals surface area contributed by atoms with Crippen LogP contribution in [0.2, 0.25) is 0 Å². The van der Waals surface area contributed by atoms with Gasteiger partial charge < -0.3 is 25.3 Å². The van der Waals surface area contributed by atoms with Gasteiger partial charge in [0.2, 0.25) is 5.91 Å². The highest BCUT2D eigenvalue weighted by Gasteiger charge is 2.39. The number of carbonyl (C=O) groups is 3. The lowest BCUT2D eigenvalue weighted by Crippen LogP contribution is -2.51. The molecule has 1 amide bonds. The van der Waals surface area contributed by atoms with E-state index in [1.165, 1.54) is 0 Å². The van der Waals surface area contributed by atoms with Crippen LogP contribution in [0.25, 0.3) is 27.8 Å². The van der Waals surface area contributed by atoms with Crippen molar-refractivity contribution in [1.82, 2.24) is 34.6 Å². The van der Waals surface area contributed by atoms with Crippen molar-refractivity contribution in [2.24, 2.45) is 13.0 Å². The van der Waals surface area contributed by atoms with Crippen LogP contribution in [0, 0.1) is 17.2 Å². The lowest BCUT2D eigenvalue weighted by molar-refractivity contribution is -0.193. The number of anilines is 1. The topological polar surface area (TPSA) is 182 Å². The van der Waals surface area contributed by atoms with Crippen LogP contribution in [0.4, 0.5) is 32.2 Å². The fourth-order valence-electron chi connectivity index (χ4n) is 5.37. The third-order valence-electron chi connectivity index (χ3n) is 7.92. The van der Waals surface area contributed by atoms with Crippen molar-refractivity contribution < 1.29 is 50.9 Å². The Kier molecular flexibility index (Phi) is 11.9. The van der Waals surface area contributed by atoms with Gasteiger partial charge in [-0.3, -0.25) is 9.48 Å². The third-order valence-corrected chi connectivity index (χ3v) is 7.92. The largest absolute Gasteiger partial charge is 0.490 e. The highest BCUT2D eigenvalue weighted by Crippen LogP contribution is 2.32. The molecule has 0 aliphatic carbocycles. The summed E-state index contributed by atoms with van der Waals surface area (Å²) in [5.74, 6) is -4.16. The van der Waals surface area contributed by atoms with Crippen LogP contribution < -0.4 is 10.2 Å². The maximum atomic E-state index is 12.9. The molecule has 4 aromatic heterocycles. The van der Waals surface area contributed by atoms with Gasteiger partial charge in [-0.25, -0.2) is 19.1 Å². The van der Waals surface area contributed by atoms with Crippen LogP contribution in [0.1, 0.15) is 18.4 Å². The van der Waals surface area contributed by atoms with Gasteiger partial charge in [0.05, 0.1) is 23.5 Å². The number of aliphatic carboxylic acids is 2. The highest BCUT2D eigenvalue weighted by molar-refractivity contribution is 5.87. The number of aryl methyl sites for hydroxylation is 1. The number of aromatic nitrogens is 5. The molecule has 2 saturated heterocycles. The van der Waals surface area contributed by atoms with E-state index in [-0.39, 0.29) is 5.92 Å². The Morgan fingerprint density at radius 2 is 1.47 bits per heavy atom. The summed E-state index contributed by atoms with van der Waals surface area (Å²) >= 11 is 0. The molecule has 14 nitrogen and oxygen atoms in total. The second-order valence-electron chi connectivity index (χ2n) is 11.4. The van der Waals surface area contributed by atoms with Crippen LogP contribution in [0.3, 0.4) is 0 Å². The van der Waals surface area contributed by atoms with Crippen LogP contribution in [-0.4, -0.2) is 109 Å². The molecule has 0 radical (unpaired) electrons. The number of pyridine rings is 2. The zero-order valence-electron chi connectivity index (χ0n) is 26.8. The van der Waals surface area contributed by atoms with Crippen molar-refractivity contribution >= 4 is 29.2 Å². The van der Waals surface area contributed by atoms with Gasteiger partial charge in [0.25, 0.3) is 0 Å². The molecule has 2 aliphatic rings. The molecule has 272 valence electrons. The average molecular weight is 724 g/mol. The minimum atomic E-state index is -5.08. The van der Waals surface area contributed by atoms with Gasteiger partial charge in [-0.1, -0.05) is 0 Å². The molecule has 51 heavy (non-hydrogen) atoms. The van der Waals surface area contributed by atoms with Gasteiger partial charge in [-0.2, -0.15) is 41.8 Å². The molecule has 2 fully saturated rings. The van der Waals surface area contributed by atoms with E-state index in [1.54, 1.807) is 15.4 Å². The fourth-order valence-corrected chi connectivity index (χ4v) is 5.37. The van der Waals surface area contributed by atoms with Gasteiger partial charge in [-0.05, 0) is 44.1 Å². The third kappa shape index (κ3) is 9.72. The quantitative estimate of drug-likeness (QED) is 0.262. The van der Waals surface area contributed by atoms with Crippen molar-refractivity contribution in [3.63, 3.8) is 0 Å². The first-order valence-corrected chi connectivity index (χ1v) is 15.2. The number of nitrogens with one attached hydrogen (secondary N) is 1. The number of nitriles is 1. The number of rotatable bonds is 4. The number of nitrogens with zero attached hydrogens (tertiary/aromatic N) is 8. The van der Waals surface area contributed by atoms with E-state index in [1.807, 2.05) is 48.9 Å². The summed E-state index contributed by atoms with van der Waals surface area (Å²) in [4.78, 5) is 39.7. The Morgan fingerprint density at radius 3 is 1.96 bits per heavy atom. The van der Waals surface area contributed by atoms with Gasteiger partial charge >= 0.3 is 24.3 Å². The number of piperidine rings is 1. The van der Waals surface area contributed by atoms with E-state index in [2.05, 4.69) is 32.5 Å². The predicted octanol–water partition coefficient (Wildman–Crippen LogP) is 3.58. The lowest BCUT2D eigenvalue weighted by Gasteiger charge is -2.37. The van der Waals surface area contributed by atoms with Crippen molar-refractivity contribution in [1.29, 1.82) is 5.26 Å². The molecule has 0 unspecified atom stereocenters. The van der Waals surface area contributed by atoms with Crippen molar-refractivity contribution in [2.45, 2.75) is 25.2 Å². The number of alkyl halides is 6. The van der Waals surface area contributed by atoms with Gasteiger partial charge in [0.15, 0.2) is 0 Å². The van der Waals surface area contributed by atoms with E-state index < -0.39 is 24.3 Å². The normalized spacial score (nSPS) is 15.3. The number of carboxylic acids is 2. The molecule has 3 N–H and O–H groups in total. The van der Waals surface area contributed by atoms with E-state index in [4.69, 9.17) is 24.8 Å². The van der Waals surface area contributed by atoms with Gasteiger partial charge in [0, 0.05) is 80.0 Å². The molecule has 0 aromatic carbocycles. The summed E-state index contributed by atoms with van der Waals surface area (Å²) in [5.41, 5.74) is 5.02. The Hall–Kier alpha value is -5.71. The number of halogens is 6.